The summed E-state index contributed by atoms with van der Waals surface area (Å²) in [7, 11) is 0. The van der Waals surface area contributed by atoms with E-state index in [9.17, 15) is 0 Å². The van der Waals surface area contributed by atoms with Gasteiger partial charge in [-0.1, -0.05) is 315 Å². The van der Waals surface area contributed by atoms with Crippen LogP contribution < -0.4 is 0 Å². The maximum atomic E-state index is 5.38. The number of pyridine rings is 3. The number of rotatable bonds is 10. The first-order valence-corrected chi connectivity index (χ1v) is 46.3. The van der Waals surface area contributed by atoms with E-state index in [2.05, 4.69) is 359 Å². The van der Waals surface area contributed by atoms with Gasteiger partial charge in [-0.15, -0.1) is 0 Å². The molecule has 9 aromatic heterocycles. The van der Waals surface area contributed by atoms with E-state index in [1.807, 2.05) is 104 Å². The fraction of sp³-hybridized carbons (Fsp3) is 0. The van der Waals surface area contributed by atoms with Gasteiger partial charge in [-0.2, -0.15) is 0 Å². The molecule has 0 bridgehead atoms. The number of hydrogen-bond donors (Lipinski definition) is 0. The molecule has 0 spiro atoms. The Balaban J connectivity index is 0.000000102. The highest BCUT2D eigenvalue weighted by Crippen LogP contribution is 2.56. The van der Waals surface area contributed by atoms with Gasteiger partial charge in [-0.25, -0.2) is 29.9 Å². The van der Waals surface area contributed by atoms with Crippen molar-refractivity contribution in [1.82, 2.24) is 58.6 Å². The summed E-state index contributed by atoms with van der Waals surface area (Å²) in [5.41, 5.74) is 37.5. The van der Waals surface area contributed by atoms with Crippen LogP contribution in [-0.2, 0) is 0 Å². The summed E-state index contributed by atoms with van der Waals surface area (Å²) in [6.07, 6.45) is 5.58. The number of aromatic nitrogens is 12. The molecule has 0 unspecified atom stereocenters. The van der Waals surface area contributed by atoms with Crippen molar-refractivity contribution in [2.75, 3.05) is 0 Å². The first-order valence-electron chi connectivity index (χ1n) is 46.3. The van der Waals surface area contributed by atoms with Crippen molar-refractivity contribution < 1.29 is 0 Å². The molecule has 0 atom stereocenters. The fourth-order valence-electron chi connectivity index (χ4n) is 21.8. The van der Waals surface area contributed by atoms with Gasteiger partial charge in [0.15, 0.2) is 5.82 Å². The number of benzene rings is 18. The summed E-state index contributed by atoms with van der Waals surface area (Å²) < 4.78 is 6.87. The Bertz CT molecular complexity index is 9650. The van der Waals surface area contributed by atoms with Crippen molar-refractivity contribution in [1.29, 1.82) is 0 Å². The van der Waals surface area contributed by atoms with Gasteiger partial charge in [0.05, 0.1) is 83.8 Å². The van der Waals surface area contributed by atoms with Gasteiger partial charge < -0.3 is 0 Å². The van der Waals surface area contributed by atoms with E-state index in [1.54, 1.807) is 0 Å². The maximum absolute atomic E-state index is 5.38. The van der Waals surface area contributed by atoms with Crippen molar-refractivity contribution in [3.8, 4) is 163 Å². The van der Waals surface area contributed by atoms with Crippen LogP contribution in [0.1, 0.15) is 0 Å². The summed E-state index contributed by atoms with van der Waals surface area (Å²) in [5.74, 6) is 2.11. The van der Waals surface area contributed by atoms with Crippen molar-refractivity contribution in [2.45, 2.75) is 0 Å². The van der Waals surface area contributed by atoms with Crippen LogP contribution in [0.4, 0.5) is 0 Å². The summed E-state index contributed by atoms with van der Waals surface area (Å²) in [6, 6.07) is 152. The lowest BCUT2D eigenvalue weighted by atomic mass is 9.92. The molecule has 12 nitrogen and oxygen atoms in total. The van der Waals surface area contributed by atoms with Gasteiger partial charge >= 0.3 is 0 Å². The number of fused-ring (bicyclic) bond motifs is 11. The van der Waals surface area contributed by atoms with Gasteiger partial charge in [0.25, 0.3) is 0 Å². The van der Waals surface area contributed by atoms with E-state index < -0.39 is 0 Å². The van der Waals surface area contributed by atoms with Crippen molar-refractivity contribution in [2.24, 2.45) is 0 Å². The lowest BCUT2D eigenvalue weighted by Gasteiger charge is -2.16. The summed E-state index contributed by atoms with van der Waals surface area (Å²) in [6.45, 7) is 0. The normalized spacial score (nSPS) is 11.9. The minimum atomic E-state index is 0.639. The molecule has 12 heteroatoms. The Morgan fingerprint density at radius 1 is 0.161 bits per heavy atom. The molecule has 0 radical (unpaired) electrons. The molecule has 3 aliphatic carbocycles. The Kier molecular flexibility index (Phi) is 17.5. The third-order valence-corrected chi connectivity index (χ3v) is 27.7. The first kappa shape index (κ1) is 77.1. The van der Waals surface area contributed by atoms with Crippen LogP contribution in [0.3, 0.4) is 0 Å². The summed E-state index contributed by atoms with van der Waals surface area (Å²) in [4.78, 5) is 46.2. The van der Waals surface area contributed by atoms with Gasteiger partial charge in [-0.3, -0.25) is 28.7 Å². The Morgan fingerprint density at radius 3 is 0.898 bits per heavy atom. The third kappa shape index (κ3) is 12.2. The van der Waals surface area contributed by atoms with E-state index in [0.29, 0.717) is 11.9 Å². The minimum Gasteiger partial charge on any atom is -0.292 e. The average molecular weight is 1740 g/mol. The molecule has 137 heavy (non-hydrogen) atoms. The fourth-order valence-corrected chi connectivity index (χ4v) is 21.8. The highest BCUT2D eigenvalue weighted by atomic mass is 15.2. The zero-order valence-electron chi connectivity index (χ0n) is 73.6. The Hall–Kier alpha value is -18.7. The van der Waals surface area contributed by atoms with E-state index in [4.69, 9.17) is 44.9 Å². The van der Waals surface area contributed by atoms with E-state index in [1.165, 1.54) is 131 Å². The zero-order valence-corrected chi connectivity index (χ0v) is 73.6. The van der Waals surface area contributed by atoms with Gasteiger partial charge in [0.1, 0.15) is 5.69 Å². The molecule has 18 aromatic carbocycles. The molecule has 0 fully saturated rings. The SMILES string of the molecule is c1ccc(-c2cc(-c3ccccc3)nc(-n3c4cc(-c5ccccn5)cc5c4c4c6c(cccc6ccc43)-c3ccccc3-5)n2)cc1.c1ccc(-c2nc(-n3c4cc(-c5ccccn5)cc5c4c4c6c(cccc6ccc43)-c3ccccc3-5)nc3ccccc23)cc1.c1ccc(-c2nc3ccccc3nc2-n2c3cc(-c4ccccn4)cc4c3c3c5c(cccc5ccc32)-c2ccccc2-4)cc1. The Labute approximate surface area is 785 Å². The van der Waals surface area contributed by atoms with Crippen LogP contribution in [0, 0.1) is 0 Å². The van der Waals surface area contributed by atoms with Crippen LogP contribution in [0.5, 0.6) is 0 Å². The predicted molar refractivity (Wildman–Crippen MR) is 561 cm³/mol. The Morgan fingerprint density at radius 2 is 0.489 bits per heavy atom. The van der Waals surface area contributed by atoms with E-state index in [-0.39, 0.29) is 0 Å². The molecule has 0 aliphatic heterocycles. The van der Waals surface area contributed by atoms with Crippen LogP contribution in [0.15, 0.2) is 449 Å². The molecule has 27 aromatic rings. The monoisotopic (exact) mass is 1740 g/mol. The topological polar surface area (TPSA) is 131 Å². The molecule has 0 saturated heterocycles. The minimum absolute atomic E-state index is 0.639. The van der Waals surface area contributed by atoms with E-state index >= 15 is 0 Å². The largest absolute Gasteiger partial charge is 0.292 e. The highest BCUT2D eigenvalue weighted by Gasteiger charge is 2.33. The zero-order chi connectivity index (χ0) is 89.9. The van der Waals surface area contributed by atoms with Crippen LogP contribution in [-0.4, -0.2) is 58.6 Å². The molecule has 3 aliphatic rings. The second-order valence-electron chi connectivity index (χ2n) is 35.3. The summed E-state index contributed by atoms with van der Waals surface area (Å²) >= 11 is 0. The van der Waals surface area contributed by atoms with Crippen LogP contribution >= 0.6 is 0 Å². The van der Waals surface area contributed by atoms with Gasteiger partial charge in [0.2, 0.25) is 11.9 Å². The van der Waals surface area contributed by atoms with Gasteiger partial charge in [-0.05, 0) is 214 Å². The summed E-state index contributed by atoms with van der Waals surface area (Å²) in [5, 5.41) is 15.8. The predicted octanol–water partition coefficient (Wildman–Crippen LogP) is 31.3. The molecular weight excluding hydrogens is 1670 g/mol. The lowest BCUT2D eigenvalue weighted by molar-refractivity contribution is 0.996. The molecule has 30 rings (SSSR count). The maximum Gasteiger partial charge on any atom is 0.235 e. The average Bonchev–Trinajstić information content (AvgIpc) is 1.54. The second kappa shape index (κ2) is 31.0. The molecule has 0 amide bonds. The number of nitrogens with zero attached hydrogens (tertiary/aromatic N) is 12. The number of hydrogen-bond acceptors (Lipinski definition) is 9. The smallest absolute Gasteiger partial charge is 0.235 e. The molecule has 0 N–H and O–H groups in total. The second-order valence-corrected chi connectivity index (χ2v) is 35.3. The van der Waals surface area contributed by atoms with Crippen molar-refractivity contribution in [3.05, 3.63) is 449 Å². The van der Waals surface area contributed by atoms with Gasteiger partial charge in [0, 0.05) is 95.2 Å². The third-order valence-electron chi connectivity index (χ3n) is 27.7. The van der Waals surface area contributed by atoms with Crippen LogP contribution in [0.2, 0.25) is 0 Å². The molecule has 634 valence electrons. The lowest BCUT2D eigenvalue weighted by Crippen LogP contribution is -2.04. The highest BCUT2D eigenvalue weighted by molar-refractivity contribution is 6.34. The van der Waals surface area contributed by atoms with Crippen molar-refractivity contribution >= 4 is 120 Å². The number of para-hydroxylation sites is 3. The standard InChI is InChI=1S/C43H26N4.2C41H24N4/c1-3-12-27(13-4-1)36-26-37(28-14-5-2-6-15-28)46-43(45-36)47-38-22-21-29-16-11-19-33-31-17-7-8-18-32(31)34-24-30(35-20-9-10-23-44-35)25-39(47)41(34)42(38)40(29)33;1-2-11-26(12-3-1)40-41(44-34-19-7-6-18-33(34)43-40)45-35-21-20-25-13-10-16-30-28-14-4-5-15-29(28)31-23-27(32-17-8-9-22-42-32)24-36(45)38(31)39(35)37(25)30;1-2-11-26(12-3-1)40-31-16-6-7-19-34(31)43-41(44-40)45-35-21-20-25-13-10-17-30-28-14-4-5-15-29(28)32-23-27(33-18-8-9-22-42-33)24-36(45)38(32)39(35)37(25)30/h1-26H;2*1-24H. The quantitative estimate of drug-likeness (QED) is 0.131. The molecule has 0 saturated carbocycles. The van der Waals surface area contributed by atoms with Crippen LogP contribution in [0.25, 0.3) is 283 Å². The first-order chi connectivity index (χ1) is 68.0. The molecule has 9 heterocycles. The molecular formula is C125H74N12. The van der Waals surface area contributed by atoms with Crippen molar-refractivity contribution in [3.63, 3.8) is 0 Å². The van der Waals surface area contributed by atoms with E-state index in [0.717, 1.165) is 140 Å².